The second kappa shape index (κ2) is 7.58. The summed E-state index contributed by atoms with van der Waals surface area (Å²) in [5, 5.41) is 11.3. The minimum atomic E-state index is -0.256. The van der Waals surface area contributed by atoms with Crippen molar-refractivity contribution in [1.29, 1.82) is 0 Å². The number of aromatic nitrogens is 3. The standard InChI is InChI=1S/C16H14N4O3S2/c1-9-13(10(2)21)25-15(17-9)18-12(22)8-24-16-20-19-14(23-16)11-6-4-3-5-7-11/h3-7H,8H2,1-2H3,(H,17,18,22). The van der Waals surface area contributed by atoms with Gasteiger partial charge in [-0.25, -0.2) is 4.98 Å². The summed E-state index contributed by atoms with van der Waals surface area (Å²) >= 11 is 2.30. The van der Waals surface area contributed by atoms with Gasteiger partial charge < -0.3 is 9.73 Å². The van der Waals surface area contributed by atoms with Crippen LogP contribution in [-0.2, 0) is 4.79 Å². The highest BCUT2D eigenvalue weighted by Gasteiger charge is 2.15. The minimum Gasteiger partial charge on any atom is -0.411 e. The molecule has 0 saturated heterocycles. The molecule has 9 heteroatoms. The fourth-order valence-corrected chi connectivity index (χ4v) is 3.47. The first-order chi connectivity index (χ1) is 12.0. The Morgan fingerprint density at radius 3 is 2.68 bits per heavy atom. The number of anilines is 1. The number of benzene rings is 1. The Bertz CT molecular complexity index is 905. The van der Waals surface area contributed by atoms with E-state index in [1.807, 2.05) is 30.3 Å². The molecule has 0 aliphatic carbocycles. The lowest BCUT2D eigenvalue weighted by molar-refractivity contribution is -0.113. The van der Waals surface area contributed by atoms with Crippen LogP contribution in [-0.4, -0.2) is 32.6 Å². The number of Topliss-reactive ketones (excluding diaryl/α,β-unsaturated/α-hetero) is 1. The number of ketones is 1. The van der Waals surface area contributed by atoms with Crippen LogP contribution < -0.4 is 5.32 Å². The van der Waals surface area contributed by atoms with Crippen LogP contribution in [0.1, 0.15) is 22.3 Å². The van der Waals surface area contributed by atoms with Gasteiger partial charge in [-0.1, -0.05) is 41.3 Å². The number of amides is 1. The van der Waals surface area contributed by atoms with Gasteiger partial charge in [0.25, 0.3) is 5.22 Å². The zero-order chi connectivity index (χ0) is 17.8. The van der Waals surface area contributed by atoms with Crippen molar-refractivity contribution in [1.82, 2.24) is 15.2 Å². The number of thiazole rings is 1. The number of nitrogens with one attached hydrogen (secondary N) is 1. The molecule has 2 aromatic heterocycles. The van der Waals surface area contributed by atoms with Gasteiger partial charge in [0.1, 0.15) is 0 Å². The number of aryl methyl sites for hydroxylation is 1. The maximum Gasteiger partial charge on any atom is 0.277 e. The van der Waals surface area contributed by atoms with Crippen molar-refractivity contribution >= 4 is 39.9 Å². The number of carbonyl (C=O) groups is 2. The van der Waals surface area contributed by atoms with E-state index in [9.17, 15) is 9.59 Å². The van der Waals surface area contributed by atoms with Crippen molar-refractivity contribution in [2.24, 2.45) is 0 Å². The maximum atomic E-state index is 12.0. The van der Waals surface area contributed by atoms with Gasteiger partial charge in [-0.15, -0.1) is 10.2 Å². The van der Waals surface area contributed by atoms with E-state index < -0.39 is 0 Å². The maximum absolute atomic E-state index is 12.0. The summed E-state index contributed by atoms with van der Waals surface area (Å²) < 4.78 is 5.53. The molecular formula is C16H14N4O3S2. The van der Waals surface area contributed by atoms with E-state index in [0.29, 0.717) is 26.8 Å². The molecule has 0 bridgehead atoms. The van der Waals surface area contributed by atoms with Crippen LogP contribution in [0.2, 0.25) is 0 Å². The minimum absolute atomic E-state index is 0.0656. The van der Waals surface area contributed by atoms with E-state index >= 15 is 0 Å². The molecule has 128 valence electrons. The van der Waals surface area contributed by atoms with Crippen LogP contribution in [0.4, 0.5) is 5.13 Å². The normalized spacial score (nSPS) is 10.6. The van der Waals surface area contributed by atoms with Crippen LogP contribution in [0.5, 0.6) is 0 Å². The first-order valence-corrected chi connectivity index (χ1v) is 9.13. The van der Waals surface area contributed by atoms with Crippen LogP contribution in [0, 0.1) is 6.92 Å². The van der Waals surface area contributed by atoms with E-state index in [0.717, 1.165) is 17.3 Å². The van der Waals surface area contributed by atoms with Crippen LogP contribution in [0.25, 0.3) is 11.5 Å². The summed E-state index contributed by atoms with van der Waals surface area (Å²) in [7, 11) is 0. The molecule has 1 N–H and O–H groups in total. The Morgan fingerprint density at radius 2 is 2.00 bits per heavy atom. The Labute approximate surface area is 151 Å². The summed E-state index contributed by atoms with van der Waals surface area (Å²) in [6.45, 7) is 3.21. The molecule has 0 radical (unpaired) electrons. The number of nitrogens with zero attached hydrogens (tertiary/aromatic N) is 3. The molecule has 3 aromatic rings. The topological polar surface area (TPSA) is 98.0 Å². The highest BCUT2D eigenvalue weighted by molar-refractivity contribution is 7.99. The molecule has 7 nitrogen and oxygen atoms in total. The Balaban J connectivity index is 1.57. The van der Waals surface area contributed by atoms with Crippen molar-refractivity contribution < 1.29 is 14.0 Å². The molecule has 2 heterocycles. The van der Waals surface area contributed by atoms with Crippen molar-refractivity contribution in [3.05, 3.63) is 40.9 Å². The Morgan fingerprint density at radius 1 is 1.24 bits per heavy atom. The van der Waals surface area contributed by atoms with Gasteiger partial charge in [0.05, 0.1) is 16.3 Å². The lowest BCUT2D eigenvalue weighted by atomic mass is 10.2. The lowest BCUT2D eigenvalue weighted by Crippen LogP contribution is -2.13. The second-order valence-electron chi connectivity index (χ2n) is 5.07. The molecule has 3 rings (SSSR count). The third-order valence-corrected chi connectivity index (χ3v) is 5.11. The highest BCUT2D eigenvalue weighted by Crippen LogP contribution is 2.25. The van der Waals surface area contributed by atoms with Crippen molar-refractivity contribution in [3.8, 4) is 11.5 Å². The smallest absolute Gasteiger partial charge is 0.277 e. The summed E-state index contributed by atoms with van der Waals surface area (Å²) in [5.41, 5.74) is 1.44. The van der Waals surface area contributed by atoms with Gasteiger partial charge in [-0.2, -0.15) is 0 Å². The quantitative estimate of drug-likeness (QED) is 0.521. The third kappa shape index (κ3) is 4.31. The van der Waals surface area contributed by atoms with Gasteiger partial charge >= 0.3 is 0 Å². The molecule has 0 fully saturated rings. The Kier molecular flexibility index (Phi) is 5.25. The average Bonchev–Trinajstić information content (AvgIpc) is 3.20. The third-order valence-electron chi connectivity index (χ3n) is 3.12. The van der Waals surface area contributed by atoms with Crippen molar-refractivity contribution in [3.63, 3.8) is 0 Å². The van der Waals surface area contributed by atoms with Gasteiger partial charge in [-0.3, -0.25) is 9.59 Å². The fourth-order valence-electron chi connectivity index (χ4n) is 2.02. The molecule has 0 aliphatic heterocycles. The van der Waals surface area contributed by atoms with Gasteiger partial charge in [0, 0.05) is 12.5 Å². The average molecular weight is 374 g/mol. The summed E-state index contributed by atoms with van der Waals surface area (Å²) in [6, 6.07) is 9.39. The number of hydrogen-bond donors (Lipinski definition) is 1. The van der Waals surface area contributed by atoms with Crippen LogP contribution in [0.3, 0.4) is 0 Å². The van der Waals surface area contributed by atoms with Crippen LogP contribution >= 0.6 is 23.1 Å². The van der Waals surface area contributed by atoms with E-state index in [1.165, 1.54) is 18.3 Å². The number of hydrogen-bond acceptors (Lipinski definition) is 8. The summed E-state index contributed by atoms with van der Waals surface area (Å²) in [5.74, 6) is 0.187. The molecule has 0 unspecified atom stereocenters. The summed E-state index contributed by atoms with van der Waals surface area (Å²) in [4.78, 5) is 28.2. The van der Waals surface area contributed by atoms with Crippen LogP contribution in [0.15, 0.2) is 40.0 Å². The first-order valence-electron chi connectivity index (χ1n) is 7.33. The zero-order valence-electron chi connectivity index (χ0n) is 13.5. The molecule has 0 aliphatic rings. The fraction of sp³-hybridized carbons (Fsp3) is 0.188. The monoisotopic (exact) mass is 374 g/mol. The molecule has 0 saturated carbocycles. The van der Waals surface area contributed by atoms with Gasteiger partial charge in [0.15, 0.2) is 10.9 Å². The molecule has 25 heavy (non-hydrogen) atoms. The largest absolute Gasteiger partial charge is 0.411 e. The zero-order valence-corrected chi connectivity index (χ0v) is 15.1. The number of carbonyl (C=O) groups excluding carboxylic acids is 2. The van der Waals surface area contributed by atoms with E-state index in [-0.39, 0.29) is 17.4 Å². The van der Waals surface area contributed by atoms with E-state index in [1.54, 1.807) is 6.92 Å². The molecule has 1 amide bonds. The van der Waals surface area contributed by atoms with E-state index in [2.05, 4.69) is 20.5 Å². The van der Waals surface area contributed by atoms with Gasteiger partial charge in [-0.05, 0) is 19.1 Å². The molecule has 0 atom stereocenters. The predicted octanol–water partition coefficient (Wildman–Crippen LogP) is 3.43. The highest BCUT2D eigenvalue weighted by atomic mass is 32.2. The van der Waals surface area contributed by atoms with E-state index in [4.69, 9.17) is 4.42 Å². The number of rotatable bonds is 6. The second-order valence-corrected chi connectivity index (χ2v) is 6.99. The molecule has 1 aromatic carbocycles. The van der Waals surface area contributed by atoms with Crippen molar-refractivity contribution in [2.45, 2.75) is 19.1 Å². The lowest BCUT2D eigenvalue weighted by Gasteiger charge is -1.98. The number of thioether (sulfide) groups is 1. The first kappa shape index (κ1) is 17.3. The Hall–Kier alpha value is -2.52. The SMILES string of the molecule is CC(=O)c1sc(NC(=O)CSc2nnc(-c3ccccc3)o2)nc1C. The molecule has 0 spiro atoms. The predicted molar refractivity (Wildman–Crippen MR) is 95.9 cm³/mol. The summed E-state index contributed by atoms with van der Waals surface area (Å²) in [6.07, 6.45) is 0. The van der Waals surface area contributed by atoms with Gasteiger partial charge in [0.2, 0.25) is 11.8 Å². The van der Waals surface area contributed by atoms with Crippen molar-refractivity contribution in [2.75, 3.05) is 11.1 Å². The molecular weight excluding hydrogens is 360 g/mol.